The maximum atomic E-state index is 14.1. The average Bonchev–Trinajstić information content (AvgIpc) is 3.20. The molecule has 0 fully saturated rings. The molecule has 0 spiro atoms. The van der Waals surface area contributed by atoms with Crippen molar-refractivity contribution >= 4 is 28.5 Å². The van der Waals surface area contributed by atoms with Crippen molar-refractivity contribution in [2.24, 2.45) is 0 Å². The smallest absolute Gasteiger partial charge is 0.341 e. The molecule has 4 rings (SSSR count). The van der Waals surface area contributed by atoms with Gasteiger partial charge in [-0.1, -0.05) is 23.7 Å². The first kappa shape index (κ1) is 18.8. The second-order valence-electron chi connectivity index (χ2n) is 6.16. The molecule has 0 saturated carbocycles. The number of fused-ring (bicyclic) bond motifs is 1. The summed E-state index contributed by atoms with van der Waals surface area (Å²) in [5.41, 5.74) is -0.419. The SMILES string of the molecule is O=C(O)c1cn(-c2ccc(Cn3nccn3)cc2)c2c(Cl)c(F)c(F)cc2c1=O. The first-order valence-corrected chi connectivity index (χ1v) is 8.64. The zero-order valence-electron chi connectivity index (χ0n) is 14.5. The van der Waals surface area contributed by atoms with Crippen LogP contribution in [0, 0.1) is 11.6 Å². The minimum Gasteiger partial charge on any atom is -0.477 e. The van der Waals surface area contributed by atoms with Gasteiger partial charge in [-0.15, -0.1) is 0 Å². The summed E-state index contributed by atoms with van der Waals surface area (Å²) in [6.45, 7) is 0.402. The van der Waals surface area contributed by atoms with Gasteiger partial charge in [0, 0.05) is 11.9 Å². The van der Waals surface area contributed by atoms with Crippen LogP contribution in [0.5, 0.6) is 0 Å². The van der Waals surface area contributed by atoms with Gasteiger partial charge in [0.2, 0.25) is 5.43 Å². The summed E-state index contributed by atoms with van der Waals surface area (Å²) in [5.74, 6) is -4.15. The Kier molecular flexibility index (Phi) is 4.59. The Morgan fingerprint density at radius 3 is 2.41 bits per heavy atom. The third-order valence-electron chi connectivity index (χ3n) is 4.36. The van der Waals surface area contributed by atoms with E-state index in [1.807, 2.05) is 0 Å². The summed E-state index contributed by atoms with van der Waals surface area (Å²) in [6, 6.07) is 7.38. The van der Waals surface area contributed by atoms with Crippen LogP contribution < -0.4 is 5.43 Å². The number of carboxylic acid groups (broad SMARTS) is 1. The Bertz CT molecular complexity index is 1300. The molecule has 2 aromatic heterocycles. The third kappa shape index (κ3) is 3.25. The Labute approximate surface area is 166 Å². The summed E-state index contributed by atoms with van der Waals surface area (Å²) in [6.07, 6.45) is 4.13. The van der Waals surface area contributed by atoms with Crippen molar-refractivity contribution in [3.05, 3.63) is 86.9 Å². The number of hydrogen-bond donors (Lipinski definition) is 1. The molecule has 0 unspecified atom stereocenters. The number of halogens is 3. The van der Waals surface area contributed by atoms with Crippen LogP contribution in [0.1, 0.15) is 15.9 Å². The average molecular weight is 417 g/mol. The van der Waals surface area contributed by atoms with Gasteiger partial charge in [0.1, 0.15) is 10.6 Å². The number of pyridine rings is 1. The zero-order valence-corrected chi connectivity index (χ0v) is 15.3. The Morgan fingerprint density at radius 2 is 1.79 bits per heavy atom. The topological polar surface area (TPSA) is 90.0 Å². The van der Waals surface area contributed by atoms with Crippen LogP contribution in [0.25, 0.3) is 16.6 Å². The molecule has 0 radical (unpaired) electrons. The van der Waals surface area contributed by atoms with Crippen molar-refractivity contribution in [3.8, 4) is 5.69 Å². The molecule has 0 amide bonds. The normalized spacial score (nSPS) is 11.1. The van der Waals surface area contributed by atoms with Gasteiger partial charge in [0.05, 0.1) is 29.8 Å². The maximum Gasteiger partial charge on any atom is 0.341 e. The fourth-order valence-electron chi connectivity index (χ4n) is 3.00. The zero-order chi connectivity index (χ0) is 20.7. The molecule has 4 aromatic rings. The van der Waals surface area contributed by atoms with Gasteiger partial charge < -0.3 is 9.67 Å². The van der Waals surface area contributed by atoms with Crippen molar-refractivity contribution in [2.45, 2.75) is 6.54 Å². The van der Waals surface area contributed by atoms with Gasteiger partial charge in [-0.25, -0.2) is 13.6 Å². The summed E-state index contributed by atoms with van der Waals surface area (Å²) in [4.78, 5) is 25.4. The summed E-state index contributed by atoms with van der Waals surface area (Å²) < 4.78 is 29.1. The minimum atomic E-state index is -1.49. The molecule has 7 nitrogen and oxygen atoms in total. The summed E-state index contributed by atoms with van der Waals surface area (Å²) >= 11 is 5.97. The molecule has 2 heterocycles. The van der Waals surface area contributed by atoms with Crippen molar-refractivity contribution in [1.82, 2.24) is 19.6 Å². The second kappa shape index (κ2) is 7.10. The van der Waals surface area contributed by atoms with E-state index in [-0.39, 0.29) is 10.9 Å². The van der Waals surface area contributed by atoms with E-state index < -0.39 is 33.6 Å². The largest absolute Gasteiger partial charge is 0.477 e. The van der Waals surface area contributed by atoms with Gasteiger partial charge in [0.25, 0.3) is 0 Å². The number of carbonyl (C=O) groups is 1. The van der Waals surface area contributed by atoms with Crippen LogP contribution in [0.4, 0.5) is 8.78 Å². The number of benzene rings is 2. The molecule has 0 bridgehead atoms. The van der Waals surface area contributed by atoms with Gasteiger partial charge in [-0.05, 0) is 23.8 Å². The number of aromatic nitrogens is 4. The fraction of sp³-hybridized carbons (Fsp3) is 0.0526. The highest BCUT2D eigenvalue weighted by molar-refractivity contribution is 6.35. The van der Waals surface area contributed by atoms with Gasteiger partial charge >= 0.3 is 5.97 Å². The number of rotatable bonds is 4. The van der Waals surface area contributed by atoms with Crippen LogP contribution in [0.3, 0.4) is 0 Å². The molecule has 0 saturated heterocycles. The van der Waals surface area contributed by atoms with E-state index in [1.165, 1.54) is 9.36 Å². The van der Waals surface area contributed by atoms with Crippen LogP contribution in [-0.2, 0) is 6.54 Å². The highest BCUT2D eigenvalue weighted by Crippen LogP contribution is 2.29. The Balaban J connectivity index is 1.92. The van der Waals surface area contributed by atoms with Gasteiger partial charge in [-0.3, -0.25) is 4.79 Å². The van der Waals surface area contributed by atoms with Gasteiger partial charge in [0.15, 0.2) is 11.6 Å². The molecule has 0 aliphatic rings. The van der Waals surface area contributed by atoms with Crippen LogP contribution in [-0.4, -0.2) is 30.6 Å². The third-order valence-corrected chi connectivity index (χ3v) is 4.71. The molecule has 0 atom stereocenters. The minimum absolute atomic E-state index is 0.123. The molecule has 2 aromatic carbocycles. The quantitative estimate of drug-likeness (QED) is 0.516. The van der Waals surface area contributed by atoms with Gasteiger partial charge in [-0.2, -0.15) is 15.0 Å². The van der Waals surface area contributed by atoms with E-state index in [0.717, 1.165) is 11.8 Å². The molecule has 1 N–H and O–H groups in total. The van der Waals surface area contributed by atoms with Crippen molar-refractivity contribution < 1.29 is 18.7 Å². The molecular weight excluding hydrogens is 406 g/mol. The van der Waals surface area contributed by atoms with E-state index >= 15 is 0 Å². The lowest BCUT2D eigenvalue weighted by Gasteiger charge is -2.15. The molecule has 0 aliphatic carbocycles. The van der Waals surface area contributed by atoms with E-state index in [4.69, 9.17) is 11.6 Å². The molecular formula is C19H11ClF2N4O3. The van der Waals surface area contributed by atoms with Crippen molar-refractivity contribution in [3.63, 3.8) is 0 Å². The standard InChI is InChI=1S/C19H11ClF2N4O3/c20-15-16(22)14(21)7-12-17(15)25(9-13(18(12)27)19(28)29)11-3-1-10(2-4-11)8-26-23-5-6-24-26/h1-7,9H,8H2,(H,28,29). The van der Waals surface area contributed by atoms with E-state index in [1.54, 1.807) is 36.7 Å². The molecule has 0 aliphatic heterocycles. The predicted molar refractivity (Wildman–Crippen MR) is 101 cm³/mol. The number of aromatic carboxylic acids is 1. The Hall–Kier alpha value is -3.59. The molecule has 29 heavy (non-hydrogen) atoms. The van der Waals surface area contributed by atoms with E-state index in [0.29, 0.717) is 18.3 Å². The van der Waals surface area contributed by atoms with E-state index in [9.17, 15) is 23.5 Å². The van der Waals surface area contributed by atoms with Crippen LogP contribution in [0.2, 0.25) is 5.02 Å². The van der Waals surface area contributed by atoms with E-state index in [2.05, 4.69) is 10.2 Å². The molecule has 146 valence electrons. The lowest BCUT2D eigenvalue weighted by Crippen LogP contribution is -2.19. The Morgan fingerprint density at radius 1 is 1.14 bits per heavy atom. The number of nitrogens with zero attached hydrogens (tertiary/aromatic N) is 4. The second-order valence-corrected chi connectivity index (χ2v) is 6.53. The lowest BCUT2D eigenvalue weighted by atomic mass is 10.1. The number of carboxylic acids is 1. The summed E-state index contributed by atoms with van der Waals surface area (Å²) in [7, 11) is 0. The first-order valence-electron chi connectivity index (χ1n) is 8.26. The van der Waals surface area contributed by atoms with Crippen LogP contribution >= 0.6 is 11.6 Å². The first-order chi connectivity index (χ1) is 13.9. The number of hydrogen-bond acceptors (Lipinski definition) is 4. The predicted octanol–water partition coefficient (Wildman–Crippen LogP) is 3.26. The van der Waals surface area contributed by atoms with Crippen molar-refractivity contribution in [1.29, 1.82) is 0 Å². The molecule has 10 heteroatoms. The highest BCUT2D eigenvalue weighted by Gasteiger charge is 2.21. The highest BCUT2D eigenvalue weighted by atomic mass is 35.5. The van der Waals surface area contributed by atoms with Crippen molar-refractivity contribution in [2.75, 3.05) is 0 Å². The van der Waals surface area contributed by atoms with Crippen LogP contribution in [0.15, 0.2) is 53.7 Å². The lowest BCUT2D eigenvalue weighted by molar-refractivity contribution is 0.0695. The summed E-state index contributed by atoms with van der Waals surface area (Å²) in [5, 5.41) is 16.4. The monoisotopic (exact) mass is 416 g/mol. The maximum absolute atomic E-state index is 14.1. The fourth-order valence-corrected chi connectivity index (χ4v) is 3.28.